The number of hydrogen-bond acceptors (Lipinski definition) is 5. The highest BCUT2D eigenvalue weighted by atomic mass is 32.3. The summed E-state index contributed by atoms with van der Waals surface area (Å²) < 4.78 is 17.9. The lowest BCUT2D eigenvalue weighted by Crippen LogP contribution is -2.10. The largest absolute Gasteiger partial charge is 0.286 e. The van der Waals surface area contributed by atoms with Crippen LogP contribution in [0.25, 0.3) is 0 Å². The fourth-order valence-electron chi connectivity index (χ4n) is 1.01. The van der Waals surface area contributed by atoms with E-state index in [4.69, 9.17) is 14.2 Å². The molecule has 7 heteroatoms. The van der Waals surface area contributed by atoms with Crippen LogP contribution in [0, 0.1) is 10.1 Å². The Bertz CT molecular complexity index is 350. The van der Waals surface area contributed by atoms with Crippen molar-refractivity contribution >= 4 is 16.5 Å². The maximum atomic E-state index is 10.4. The van der Waals surface area contributed by atoms with Crippen LogP contribution in [0.4, 0.5) is 5.69 Å². The van der Waals surface area contributed by atoms with Crippen molar-refractivity contribution in [1.82, 2.24) is 0 Å². The van der Waals surface area contributed by atoms with Crippen molar-refractivity contribution in [3.05, 3.63) is 39.9 Å². The van der Waals surface area contributed by atoms with Crippen molar-refractivity contribution in [1.29, 1.82) is 0 Å². The molecule has 0 spiro atoms. The first-order valence-corrected chi connectivity index (χ1v) is 5.43. The predicted molar refractivity (Wildman–Crippen MR) is 53.8 cm³/mol. The third-order valence-corrected chi connectivity index (χ3v) is 2.26. The average molecular weight is 218 g/mol. The number of nitro groups is 1. The van der Waals surface area contributed by atoms with Crippen LogP contribution in [0.2, 0.25) is 0 Å². The van der Waals surface area contributed by atoms with Gasteiger partial charge in [0.15, 0.2) is 0 Å². The van der Waals surface area contributed by atoms with Gasteiger partial charge in [-0.25, -0.2) is 5.14 Å². The van der Waals surface area contributed by atoms with Gasteiger partial charge in [-0.15, -0.1) is 10.8 Å². The maximum absolute atomic E-state index is 10.4. The van der Waals surface area contributed by atoms with Crippen LogP contribution in [0.3, 0.4) is 0 Å². The monoisotopic (exact) mass is 218 g/mol. The zero-order chi connectivity index (χ0) is 10.8. The lowest BCUT2D eigenvalue weighted by molar-refractivity contribution is -0.384. The van der Waals surface area contributed by atoms with Crippen LogP contribution in [-0.2, 0) is 5.75 Å². The smallest absolute Gasteiger partial charge is 0.269 e. The molecule has 14 heavy (non-hydrogen) atoms. The Hall–Kier alpha value is -1.15. The van der Waals surface area contributed by atoms with E-state index in [2.05, 4.69) is 0 Å². The average Bonchev–Trinajstić information content (AvgIpc) is 2.01. The Morgan fingerprint density at radius 3 is 2.64 bits per heavy atom. The van der Waals surface area contributed by atoms with E-state index >= 15 is 0 Å². The van der Waals surface area contributed by atoms with E-state index in [1.807, 2.05) is 0 Å². The van der Waals surface area contributed by atoms with Gasteiger partial charge in [0.2, 0.25) is 0 Å². The Morgan fingerprint density at radius 1 is 1.50 bits per heavy atom. The minimum Gasteiger partial charge on any atom is -0.286 e. The van der Waals surface area contributed by atoms with Gasteiger partial charge in [-0.2, -0.15) is 0 Å². The molecule has 0 aliphatic heterocycles. The summed E-state index contributed by atoms with van der Waals surface area (Å²) in [4.78, 5) is 9.83. The number of non-ortho nitro benzene ring substituents is 1. The van der Waals surface area contributed by atoms with Crippen molar-refractivity contribution in [3.63, 3.8) is 0 Å². The van der Waals surface area contributed by atoms with Gasteiger partial charge in [0, 0.05) is 12.1 Å². The van der Waals surface area contributed by atoms with E-state index in [-0.39, 0.29) is 11.4 Å². The highest BCUT2D eigenvalue weighted by molar-refractivity contribution is 8.21. The van der Waals surface area contributed by atoms with Crippen molar-refractivity contribution in [3.8, 4) is 0 Å². The first-order chi connectivity index (χ1) is 6.38. The molecule has 4 N–H and O–H groups in total. The zero-order valence-electron chi connectivity index (χ0n) is 7.16. The fourth-order valence-corrected chi connectivity index (χ4v) is 1.68. The molecular formula is C7H10N2O4S. The van der Waals surface area contributed by atoms with Gasteiger partial charge in [0.1, 0.15) is 0 Å². The minimum absolute atomic E-state index is 0.0915. The zero-order valence-corrected chi connectivity index (χ0v) is 7.98. The summed E-state index contributed by atoms with van der Waals surface area (Å²) >= 11 is 0. The van der Waals surface area contributed by atoms with Crippen molar-refractivity contribution in [2.45, 2.75) is 5.75 Å². The standard InChI is InChI=1S/C7H10N2O4S/c8-14(12,13)5-6-2-1-3-7(4-6)9(10)11/h1-4,12-13H,5,8H2. The summed E-state index contributed by atoms with van der Waals surface area (Å²) in [5, 5.41) is 15.4. The molecule has 6 nitrogen and oxygen atoms in total. The van der Waals surface area contributed by atoms with E-state index in [1.54, 1.807) is 6.07 Å². The quantitative estimate of drug-likeness (QED) is 0.528. The summed E-state index contributed by atoms with van der Waals surface area (Å²) in [6.45, 7) is 0. The SMILES string of the molecule is NS(O)(O)Cc1cccc([N+](=O)[O-])c1. The van der Waals surface area contributed by atoms with Crippen molar-refractivity contribution in [2.24, 2.45) is 5.14 Å². The molecule has 0 aliphatic rings. The molecule has 1 rings (SSSR count). The molecule has 0 unspecified atom stereocenters. The Morgan fingerprint density at radius 2 is 2.14 bits per heavy atom. The molecule has 1 aromatic carbocycles. The topological polar surface area (TPSA) is 110 Å². The molecule has 0 aliphatic carbocycles. The summed E-state index contributed by atoms with van der Waals surface area (Å²) in [6.07, 6.45) is 0. The summed E-state index contributed by atoms with van der Waals surface area (Å²) in [5.41, 5.74) is 0.341. The molecule has 0 heterocycles. The second-order valence-electron chi connectivity index (χ2n) is 2.79. The number of rotatable bonds is 3. The van der Waals surface area contributed by atoms with Gasteiger partial charge in [0.25, 0.3) is 5.69 Å². The molecule has 0 bridgehead atoms. The van der Waals surface area contributed by atoms with E-state index in [1.165, 1.54) is 18.2 Å². The predicted octanol–water partition coefficient (Wildman–Crippen LogP) is 1.72. The van der Waals surface area contributed by atoms with Crippen LogP contribution in [0.1, 0.15) is 5.56 Å². The fraction of sp³-hybridized carbons (Fsp3) is 0.143. The highest BCUT2D eigenvalue weighted by Gasteiger charge is 2.10. The summed E-state index contributed by atoms with van der Waals surface area (Å²) in [7, 11) is -3.14. The molecule has 1 aromatic rings. The number of hydrogen-bond donors (Lipinski definition) is 3. The first kappa shape index (κ1) is 10.9. The van der Waals surface area contributed by atoms with Gasteiger partial charge in [-0.3, -0.25) is 19.2 Å². The lowest BCUT2D eigenvalue weighted by Gasteiger charge is -2.25. The minimum atomic E-state index is -3.14. The molecule has 0 saturated heterocycles. The molecule has 0 amide bonds. The van der Waals surface area contributed by atoms with Crippen LogP contribution >= 0.6 is 10.8 Å². The van der Waals surface area contributed by atoms with Gasteiger partial charge in [-0.05, 0) is 5.56 Å². The maximum Gasteiger partial charge on any atom is 0.269 e. The normalized spacial score (nSPS) is 12.5. The third-order valence-electron chi connectivity index (χ3n) is 1.50. The van der Waals surface area contributed by atoms with Gasteiger partial charge >= 0.3 is 0 Å². The number of benzene rings is 1. The Labute approximate surface area is 82.0 Å². The molecular weight excluding hydrogens is 208 g/mol. The second kappa shape index (κ2) is 3.93. The van der Waals surface area contributed by atoms with Crippen LogP contribution < -0.4 is 5.14 Å². The molecule has 0 fully saturated rings. The molecule has 0 aromatic heterocycles. The number of nitrogens with two attached hydrogens (primary N) is 1. The van der Waals surface area contributed by atoms with Crippen LogP contribution in [0.5, 0.6) is 0 Å². The van der Waals surface area contributed by atoms with Gasteiger partial charge in [0.05, 0.1) is 10.7 Å². The van der Waals surface area contributed by atoms with Crippen molar-refractivity contribution in [2.75, 3.05) is 0 Å². The van der Waals surface area contributed by atoms with Crippen molar-refractivity contribution < 1.29 is 14.0 Å². The third kappa shape index (κ3) is 3.30. The Kier molecular flexibility index (Phi) is 3.06. The molecule has 0 saturated carbocycles. The number of nitrogens with zero attached hydrogens (tertiary/aromatic N) is 1. The highest BCUT2D eigenvalue weighted by Crippen LogP contribution is 2.33. The van der Waals surface area contributed by atoms with E-state index in [0.29, 0.717) is 5.56 Å². The number of nitro benzene ring substituents is 1. The van der Waals surface area contributed by atoms with Gasteiger partial charge in [-0.1, -0.05) is 12.1 Å². The van der Waals surface area contributed by atoms with E-state index in [9.17, 15) is 10.1 Å². The Balaban J connectivity index is 2.89. The first-order valence-electron chi connectivity index (χ1n) is 3.65. The van der Waals surface area contributed by atoms with Crippen LogP contribution in [-0.4, -0.2) is 14.0 Å². The summed E-state index contributed by atoms with van der Waals surface area (Å²) in [5.74, 6) is -0.172. The molecule has 78 valence electrons. The summed E-state index contributed by atoms with van der Waals surface area (Å²) in [6, 6.07) is 5.61. The van der Waals surface area contributed by atoms with E-state index in [0.717, 1.165) is 0 Å². The second-order valence-corrected chi connectivity index (χ2v) is 4.51. The van der Waals surface area contributed by atoms with E-state index < -0.39 is 15.7 Å². The van der Waals surface area contributed by atoms with Gasteiger partial charge < -0.3 is 0 Å². The molecule has 0 atom stereocenters. The van der Waals surface area contributed by atoms with Crippen LogP contribution in [0.15, 0.2) is 24.3 Å². The lowest BCUT2D eigenvalue weighted by atomic mass is 10.2. The molecule has 0 radical (unpaired) electrons.